The Labute approximate surface area is 122 Å². The molecule has 0 aliphatic carbocycles. The van der Waals surface area contributed by atoms with E-state index in [9.17, 15) is 21.6 Å². The molecule has 4 N–H and O–H groups in total. The Balaban J connectivity index is 3.01. The largest absolute Gasteiger partial charge is 0.478 e. The van der Waals surface area contributed by atoms with E-state index < -0.39 is 25.8 Å². The SMILES string of the molecule is CCS(=O)(=O)CCNc1ccc(S(N)(=O)=O)cc1C(=O)O. The summed E-state index contributed by atoms with van der Waals surface area (Å²) in [7, 11) is -7.19. The Morgan fingerprint density at radius 1 is 1.29 bits per heavy atom. The summed E-state index contributed by atoms with van der Waals surface area (Å²) in [6, 6.07) is 3.31. The van der Waals surface area contributed by atoms with E-state index in [-0.39, 0.29) is 34.2 Å². The number of nitrogens with one attached hydrogen (secondary N) is 1. The molecule has 0 aliphatic heterocycles. The predicted molar refractivity (Wildman–Crippen MR) is 77.6 cm³/mol. The van der Waals surface area contributed by atoms with E-state index >= 15 is 0 Å². The molecule has 0 radical (unpaired) electrons. The summed E-state index contributed by atoms with van der Waals surface area (Å²) in [5.41, 5.74) is -0.170. The zero-order chi connectivity index (χ0) is 16.3. The minimum atomic E-state index is -4.01. The molecular formula is C11H16N2O6S2. The number of nitrogens with two attached hydrogens (primary N) is 1. The summed E-state index contributed by atoms with van der Waals surface area (Å²) in [5.74, 6) is -1.51. The first-order valence-electron chi connectivity index (χ1n) is 5.91. The highest BCUT2D eigenvalue weighted by Crippen LogP contribution is 2.20. The topological polar surface area (TPSA) is 144 Å². The molecule has 118 valence electrons. The fraction of sp³-hybridized carbons (Fsp3) is 0.364. The van der Waals surface area contributed by atoms with Gasteiger partial charge in [0.1, 0.15) is 0 Å². The lowest BCUT2D eigenvalue weighted by molar-refractivity contribution is 0.0697. The summed E-state index contributed by atoms with van der Waals surface area (Å²) in [6.07, 6.45) is 0. The number of hydrogen-bond acceptors (Lipinski definition) is 6. The molecule has 0 aromatic heterocycles. The zero-order valence-electron chi connectivity index (χ0n) is 11.2. The second kappa shape index (κ2) is 6.41. The number of aromatic carboxylic acids is 1. The molecular weight excluding hydrogens is 320 g/mol. The van der Waals surface area contributed by atoms with Crippen molar-refractivity contribution in [2.24, 2.45) is 5.14 Å². The predicted octanol–water partition coefficient (Wildman–Crippen LogP) is -0.121. The van der Waals surface area contributed by atoms with Crippen LogP contribution in [0.2, 0.25) is 0 Å². The number of carboxylic acid groups (broad SMARTS) is 1. The van der Waals surface area contributed by atoms with E-state index in [4.69, 9.17) is 10.2 Å². The van der Waals surface area contributed by atoms with E-state index in [1.807, 2.05) is 0 Å². The van der Waals surface area contributed by atoms with Crippen LogP contribution >= 0.6 is 0 Å². The molecule has 0 spiro atoms. The molecule has 1 aromatic carbocycles. The van der Waals surface area contributed by atoms with E-state index in [1.165, 1.54) is 13.0 Å². The third kappa shape index (κ3) is 4.99. The first kappa shape index (κ1) is 17.4. The highest BCUT2D eigenvalue weighted by molar-refractivity contribution is 7.91. The van der Waals surface area contributed by atoms with Gasteiger partial charge in [-0.3, -0.25) is 0 Å². The van der Waals surface area contributed by atoms with Gasteiger partial charge in [-0.2, -0.15) is 0 Å². The zero-order valence-corrected chi connectivity index (χ0v) is 12.9. The van der Waals surface area contributed by atoms with Crippen LogP contribution in [0.3, 0.4) is 0 Å². The second-order valence-electron chi connectivity index (χ2n) is 4.22. The van der Waals surface area contributed by atoms with Gasteiger partial charge in [-0.1, -0.05) is 6.92 Å². The van der Waals surface area contributed by atoms with Gasteiger partial charge in [0.05, 0.1) is 16.2 Å². The molecule has 0 bridgehead atoms. The van der Waals surface area contributed by atoms with Gasteiger partial charge in [-0.05, 0) is 18.2 Å². The standard InChI is InChI=1S/C11H16N2O6S2/c1-2-20(16,17)6-5-13-10-4-3-8(21(12,18)19)7-9(10)11(14)15/h3-4,7,13H,2,5-6H2,1H3,(H,14,15)(H2,12,18,19). The molecule has 0 saturated carbocycles. The van der Waals surface area contributed by atoms with E-state index in [1.54, 1.807) is 0 Å². The first-order chi connectivity index (χ1) is 9.57. The number of sulfone groups is 1. The van der Waals surface area contributed by atoms with Crippen LogP contribution in [0.25, 0.3) is 0 Å². The normalized spacial score (nSPS) is 12.1. The van der Waals surface area contributed by atoms with Crippen molar-refractivity contribution >= 4 is 31.5 Å². The Morgan fingerprint density at radius 3 is 2.38 bits per heavy atom. The molecule has 0 saturated heterocycles. The van der Waals surface area contributed by atoms with Crippen molar-refractivity contribution in [2.45, 2.75) is 11.8 Å². The van der Waals surface area contributed by atoms with Crippen LogP contribution in [0, 0.1) is 0 Å². The van der Waals surface area contributed by atoms with Crippen LogP contribution in [-0.4, -0.2) is 46.0 Å². The molecule has 0 atom stereocenters. The van der Waals surface area contributed by atoms with Crippen LogP contribution in [0.15, 0.2) is 23.1 Å². The summed E-state index contributed by atoms with van der Waals surface area (Å²) in [6.45, 7) is 1.53. The Hall–Kier alpha value is -1.65. The van der Waals surface area contributed by atoms with Crippen molar-refractivity contribution in [1.82, 2.24) is 0 Å². The summed E-state index contributed by atoms with van der Waals surface area (Å²) >= 11 is 0. The number of sulfonamides is 1. The van der Waals surface area contributed by atoms with Crippen molar-refractivity contribution in [3.8, 4) is 0 Å². The number of benzene rings is 1. The Kier molecular flexibility index (Phi) is 5.31. The number of carboxylic acids is 1. The quantitative estimate of drug-likeness (QED) is 0.629. The first-order valence-corrected chi connectivity index (χ1v) is 9.28. The lowest BCUT2D eigenvalue weighted by Crippen LogP contribution is -2.19. The molecule has 21 heavy (non-hydrogen) atoms. The maximum Gasteiger partial charge on any atom is 0.337 e. The highest BCUT2D eigenvalue weighted by atomic mass is 32.2. The van der Waals surface area contributed by atoms with Crippen molar-refractivity contribution in [2.75, 3.05) is 23.4 Å². The average Bonchev–Trinajstić information content (AvgIpc) is 2.37. The minimum Gasteiger partial charge on any atom is -0.478 e. The van der Waals surface area contributed by atoms with E-state index in [2.05, 4.69) is 5.32 Å². The second-order valence-corrected chi connectivity index (χ2v) is 8.25. The average molecular weight is 336 g/mol. The van der Waals surface area contributed by atoms with E-state index in [0.717, 1.165) is 12.1 Å². The van der Waals surface area contributed by atoms with Crippen molar-refractivity contribution in [1.29, 1.82) is 0 Å². The summed E-state index contributed by atoms with van der Waals surface area (Å²) < 4.78 is 45.1. The van der Waals surface area contributed by atoms with Gasteiger partial charge in [0.2, 0.25) is 10.0 Å². The van der Waals surface area contributed by atoms with Gasteiger partial charge >= 0.3 is 5.97 Å². The van der Waals surface area contributed by atoms with Gasteiger partial charge in [0.15, 0.2) is 9.84 Å². The van der Waals surface area contributed by atoms with Crippen LogP contribution in [0.1, 0.15) is 17.3 Å². The van der Waals surface area contributed by atoms with Crippen LogP contribution < -0.4 is 10.5 Å². The highest BCUT2D eigenvalue weighted by Gasteiger charge is 2.16. The van der Waals surface area contributed by atoms with Gasteiger partial charge in [-0.25, -0.2) is 26.8 Å². The molecule has 1 aromatic rings. The third-order valence-electron chi connectivity index (χ3n) is 2.72. The van der Waals surface area contributed by atoms with Crippen LogP contribution in [-0.2, 0) is 19.9 Å². The molecule has 0 fully saturated rings. The molecule has 0 heterocycles. The van der Waals surface area contributed by atoms with Crippen LogP contribution in [0.5, 0.6) is 0 Å². The fourth-order valence-electron chi connectivity index (χ4n) is 1.52. The van der Waals surface area contributed by atoms with E-state index in [0.29, 0.717) is 0 Å². The Morgan fingerprint density at radius 2 is 1.90 bits per heavy atom. The minimum absolute atomic E-state index is 0.00910. The molecule has 1 rings (SSSR count). The monoisotopic (exact) mass is 336 g/mol. The Bertz CT molecular complexity index is 740. The van der Waals surface area contributed by atoms with Gasteiger partial charge in [-0.15, -0.1) is 0 Å². The lowest BCUT2D eigenvalue weighted by atomic mass is 10.2. The van der Waals surface area contributed by atoms with Crippen molar-refractivity contribution in [3.63, 3.8) is 0 Å². The molecule has 0 unspecified atom stereocenters. The third-order valence-corrected chi connectivity index (χ3v) is 5.34. The number of anilines is 1. The van der Waals surface area contributed by atoms with Crippen molar-refractivity contribution in [3.05, 3.63) is 23.8 Å². The number of hydrogen-bond donors (Lipinski definition) is 3. The fourth-order valence-corrected chi connectivity index (χ4v) is 2.76. The van der Waals surface area contributed by atoms with Crippen molar-refractivity contribution < 1.29 is 26.7 Å². The molecule has 8 nitrogen and oxygen atoms in total. The van der Waals surface area contributed by atoms with Crippen LogP contribution in [0.4, 0.5) is 5.69 Å². The lowest BCUT2D eigenvalue weighted by Gasteiger charge is -2.10. The number of rotatable bonds is 7. The maximum atomic E-state index is 11.3. The molecule has 10 heteroatoms. The number of primary sulfonamides is 1. The smallest absolute Gasteiger partial charge is 0.337 e. The van der Waals surface area contributed by atoms with Gasteiger partial charge < -0.3 is 10.4 Å². The molecule has 0 aliphatic rings. The van der Waals surface area contributed by atoms with Gasteiger partial charge in [0.25, 0.3) is 0 Å². The maximum absolute atomic E-state index is 11.3. The summed E-state index contributed by atoms with van der Waals surface area (Å²) in [5, 5.41) is 16.7. The summed E-state index contributed by atoms with van der Waals surface area (Å²) in [4.78, 5) is 10.8. The number of carbonyl (C=O) groups is 1. The van der Waals surface area contributed by atoms with Gasteiger partial charge in [0, 0.05) is 18.0 Å². The molecule has 0 amide bonds.